The van der Waals surface area contributed by atoms with Gasteiger partial charge < -0.3 is 14.6 Å². The number of amides is 1. The maximum absolute atomic E-state index is 13.3. The second-order valence-electron chi connectivity index (χ2n) is 6.21. The van der Waals surface area contributed by atoms with E-state index in [1.54, 1.807) is 18.3 Å². The standard InChI is InChI=1S/C18H23FN4O2/c1-13(23-9-11-25-12-10-23)18(24)21-16(17-20-7-8-22(17)2)14-3-5-15(19)6-4-14/h3-8,13,16H,9-12H2,1-2H3,(H,21,24). The third-order valence-corrected chi connectivity index (χ3v) is 4.58. The number of nitrogens with one attached hydrogen (secondary N) is 1. The minimum absolute atomic E-state index is 0.0841. The van der Waals surface area contributed by atoms with Crippen LogP contribution in [0.4, 0.5) is 4.39 Å². The number of halogens is 1. The number of ether oxygens (including phenoxy) is 1. The van der Waals surface area contributed by atoms with Crippen molar-refractivity contribution in [3.05, 3.63) is 53.9 Å². The zero-order valence-corrected chi connectivity index (χ0v) is 14.5. The molecule has 2 atom stereocenters. The van der Waals surface area contributed by atoms with Crippen LogP contribution in [0.3, 0.4) is 0 Å². The lowest BCUT2D eigenvalue weighted by molar-refractivity contribution is -0.128. The van der Waals surface area contributed by atoms with Gasteiger partial charge in [-0.1, -0.05) is 12.1 Å². The Bertz CT molecular complexity index is 710. The highest BCUT2D eigenvalue weighted by atomic mass is 19.1. The number of carbonyl (C=O) groups is 1. The second-order valence-corrected chi connectivity index (χ2v) is 6.21. The van der Waals surface area contributed by atoms with Gasteiger partial charge in [0.1, 0.15) is 17.7 Å². The van der Waals surface area contributed by atoms with E-state index >= 15 is 0 Å². The molecule has 2 aromatic rings. The SMILES string of the molecule is CC(C(=O)NC(c1ccc(F)cc1)c1nccn1C)N1CCOCC1. The molecule has 1 aromatic heterocycles. The molecule has 2 unspecified atom stereocenters. The Balaban J connectivity index is 1.81. The number of carbonyl (C=O) groups excluding carboxylic acids is 1. The van der Waals surface area contributed by atoms with Crippen LogP contribution in [0.15, 0.2) is 36.7 Å². The molecule has 0 bridgehead atoms. The lowest BCUT2D eigenvalue weighted by Crippen LogP contribution is -2.50. The van der Waals surface area contributed by atoms with Crippen LogP contribution in [-0.4, -0.2) is 52.7 Å². The van der Waals surface area contributed by atoms with E-state index in [0.717, 1.165) is 18.7 Å². The van der Waals surface area contributed by atoms with Crippen molar-refractivity contribution in [2.75, 3.05) is 26.3 Å². The number of nitrogens with zero attached hydrogens (tertiary/aromatic N) is 3. The van der Waals surface area contributed by atoms with Crippen molar-refractivity contribution in [2.24, 2.45) is 7.05 Å². The fourth-order valence-electron chi connectivity index (χ4n) is 3.00. The molecule has 6 nitrogen and oxygen atoms in total. The maximum Gasteiger partial charge on any atom is 0.237 e. The molecular formula is C18H23FN4O2. The van der Waals surface area contributed by atoms with Gasteiger partial charge in [-0.05, 0) is 24.6 Å². The molecule has 2 heterocycles. The van der Waals surface area contributed by atoms with Crippen molar-refractivity contribution >= 4 is 5.91 Å². The van der Waals surface area contributed by atoms with E-state index in [2.05, 4.69) is 15.2 Å². The summed E-state index contributed by atoms with van der Waals surface area (Å²) in [5.74, 6) is 0.309. The molecular weight excluding hydrogens is 323 g/mol. The summed E-state index contributed by atoms with van der Waals surface area (Å²) >= 11 is 0. The minimum atomic E-state index is -0.434. The number of aromatic nitrogens is 2. The van der Waals surface area contributed by atoms with Crippen LogP contribution in [0.25, 0.3) is 0 Å². The molecule has 0 radical (unpaired) electrons. The molecule has 1 aliphatic heterocycles. The molecule has 3 rings (SSSR count). The van der Waals surface area contributed by atoms with Crippen LogP contribution in [-0.2, 0) is 16.6 Å². The number of rotatable bonds is 5. The van der Waals surface area contributed by atoms with Gasteiger partial charge in [0, 0.05) is 32.5 Å². The molecule has 1 saturated heterocycles. The lowest BCUT2D eigenvalue weighted by atomic mass is 10.1. The third kappa shape index (κ3) is 4.05. The van der Waals surface area contributed by atoms with Gasteiger partial charge in [0.2, 0.25) is 5.91 Å². The van der Waals surface area contributed by atoms with Gasteiger partial charge in [-0.3, -0.25) is 9.69 Å². The summed E-state index contributed by atoms with van der Waals surface area (Å²) in [6.45, 7) is 4.63. The Morgan fingerprint density at radius 1 is 1.28 bits per heavy atom. The van der Waals surface area contributed by atoms with E-state index in [4.69, 9.17) is 4.74 Å². The third-order valence-electron chi connectivity index (χ3n) is 4.58. The van der Waals surface area contributed by atoms with E-state index < -0.39 is 6.04 Å². The zero-order valence-electron chi connectivity index (χ0n) is 14.5. The molecule has 134 valence electrons. The zero-order chi connectivity index (χ0) is 17.8. The topological polar surface area (TPSA) is 59.4 Å². The highest BCUT2D eigenvalue weighted by Crippen LogP contribution is 2.21. The van der Waals surface area contributed by atoms with Crippen molar-refractivity contribution in [1.82, 2.24) is 19.8 Å². The molecule has 0 aliphatic carbocycles. The van der Waals surface area contributed by atoms with Crippen molar-refractivity contribution in [2.45, 2.75) is 19.0 Å². The summed E-state index contributed by atoms with van der Waals surface area (Å²) in [7, 11) is 1.87. The Morgan fingerprint density at radius 3 is 2.56 bits per heavy atom. The Hall–Kier alpha value is -2.25. The average molecular weight is 346 g/mol. The fourth-order valence-corrected chi connectivity index (χ4v) is 3.00. The summed E-state index contributed by atoms with van der Waals surface area (Å²) in [4.78, 5) is 19.3. The van der Waals surface area contributed by atoms with E-state index in [9.17, 15) is 9.18 Å². The maximum atomic E-state index is 13.3. The van der Waals surface area contributed by atoms with Crippen LogP contribution in [0, 0.1) is 5.82 Å². The average Bonchev–Trinajstić information content (AvgIpc) is 3.06. The monoisotopic (exact) mass is 346 g/mol. The predicted octanol–water partition coefficient (Wildman–Crippen LogP) is 1.49. The number of benzene rings is 1. The van der Waals surface area contributed by atoms with Crippen LogP contribution < -0.4 is 5.32 Å². The van der Waals surface area contributed by atoms with Crippen molar-refractivity contribution in [3.8, 4) is 0 Å². The first-order valence-electron chi connectivity index (χ1n) is 8.41. The van der Waals surface area contributed by atoms with Crippen LogP contribution in [0.1, 0.15) is 24.4 Å². The van der Waals surface area contributed by atoms with Gasteiger partial charge in [0.05, 0.1) is 19.3 Å². The van der Waals surface area contributed by atoms with Gasteiger partial charge >= 0.3 is 0 Å². The number of aryl methyl sites for hydroxylation is 1. The van der Waals surface area contributed by atoms with Crippen molar-refractivity contribution < 1.29 is 13.9 Å². The largest absolute Gasteiger partial charge is 0.379 e. The van der Waals surface area contributed by atoms with Gasteiger partial charge in [0.25, 0.3) is 0 Å². The molecule has 1 fully saturated rings. The lowest BCUT2D eigenvalue weighted by Gasteiger charge is -2.32. The summed E-state index contributed by atoms with van der Waals surface area (Å²) in [5.41, 5.74) is 0.790. The van der Waals surface area contributed by atoms with E-state index in [1.807, 2.05) is 24.7 Å². The van der Waals surface area contributed by atoms with Crippen LogP contribution >= 0.6 is 0 Å². The number of hydrogen-bond acceptors (Lipinski definition) is 4. The molecule has 7 heteroatoms. The summed E-state index contributed by atoms with van der Waals surface area (Å²) in [6.07, 6.45) is 3.51. The van der Waals surface area contributed by atoms with Gasteiger partial charge in [-0.2, -0.15) is 0 Å². The molecule has 1 amide bonds. The Kier molecular flexibility index (Phi) is 5.45. The highest BCUT2D eigenvalue weighted by Gasteiger charge is 2.27. The highest BCUT2D eigenvalue weighted by molar-refractivity contribution is 5.82. The van der Waals surface area contributed by atoms with E-state index in [0.29, 0.717) is 19.0 Å². The van der Waals surface area contributed by atoms with Gasteiger partial charge in [-0.15, -0.1) is 0 Å². The minimum Gasteiger partial charge on any atom is -0.379 e. The summed E-state index contributed by atoms with van der Waals surface area (Å²) < 4.78 is 20.5. The van der Waals surface area contributed by atoms with Crippen molar-refractivity contribution in [1.29, 1.82) is 0 Å². The summed E-state index contributed by atoms with van der Waals surface area (Å²) in [5, 5.41) is 3.07. The first-order valence-corrected chi connectivity index (χ1v) is 8.41. The molecule has 0 spiro atoms. The quantitative estimate of drug-likeness (QED) is 0.891. The Labute approximate surface area is 146 Å². The van der Waals surface area contributed by atoms with E-state index in [1.165, 1.54) is 12.1 Å². The summed E-state index contributed by atoms with van der Waals surface area (Å²) in [6, 6.07) is 5.43. The van der Waals surface area contributed by atoms with Crippen molar-refractivity contribution in [3.63, 3.8) is 0 Å². The molecule has 25 heavy (non-hydrogen) atoms. The molecule has 1 N–H and O–H groups in total. The number of hydrogen-bond donors (Lipinski definition) is 1. The molecule has 1 aliphatic rings. The van der Waals surface area contributed by atoms with Crippen LogP contribution in [0.5, 0.6) is 0 Å². The van der Waals surface area contributed by atoms with Gasteiger partial charge in [0.15, 0.2) is 0 Å². The van der Waals surface area contributed by atoms with Crippen LogP contribution in [0.2, 0.25) is 0 Å². The first-order chi connectivity index (χ1) is 12.1. The number of morpholine rings is 1. The second kappa shape index (κ2) is 7.76. The van der Waals surface area contributed by atoms with Gasteiger partial charge in [-0.25, -0.2) is 9.37 Å². The smallest absolute Gasteiger partial charge is 0.237 e. The van der Waals surface area contributed by atoms with E-state index in [-0.39, 0.29) is 17.8 Å². The Morgan fingerprint density at radius 2 is 1.96 bits per heavy atom. The normalized spacial score (nSPS) is 17.9. The predicted molar refractivity (Wildman–Crippen MR) is 91.4 cm³/mol. The number of imidazole rings is 1. The fraction of sp³-hybridized carbons (Fsp3) is 0.444. The molecule has 1 aromatic carbocycles. The molecule has 0 saturated carbocycles. The first kappa shape index (κ1) is 17.6.